The van der Waals surface area contributed by atoms with Gasteiger partial charge in [0.25, 0.3) is 0 Å². The van der Waals surface area contributed by atoms with Gasteiger partial charge in [-0.2, -0.15) is 0 Å². The highest BCUT2D eigenvalue weighted by Gasteiger charge is 2.26. The number of rotatable bonds is 6. The number of piperazine rings is 1. The van der Waals surface area contributed by atoms with Crippen molar-refractivity contribution in [1.29, 1.82) is 0 Å². The number of hydrogen-bond acceptors (Lipinski definition) is 3. The van der Waals surface area contributed by atoms with Gasteiger partial charge < -0.3 is 9.64 Å². The fourth-order valence-corrected chi connectivity index (χ4v) is 4.25. The van der Waals surface area contributed by atoms with Crippen LogP contribution >= 0.6 is 0 Å². The van der Waals surface area contributed by atoms with Crippen LogP contribution in [0.2, 0.25) is 0 Å². The number of aryl methyl sites for hydroxylation is 1. The second-order valence-electron chi connectivity index (χ2n) is 7.81. The van der Waals surface area contributed by atoms with E-state index >= 15 is 0 Å². The fourth-order valence-electron chi connectivity index (χ4n) is 4.25. The number of methoxy groups -OCH3 is 1. The molecule has 1 aliphatic rings. The molecule has 1 saturated heterocycles. The van der Waals surface area contributed by atoms with E-state index in [2.05, 4.69) is 83.5 Å². The van der Waals surface area contributed by atoms with Crippen molar-refractivity contribution < 1.29 is 4.74 Å². The van der Waals surface area contributed by atoms with Crippen LogP contribution in [0.5, 0.6) is 5.75 Å². The van der Waals surface area contributed by atoms with Crippen molar-refractivity contribution in [2.45, 2.75) is 19.4 Å². The molecular weight excluding hydrogens is 356 g/mol. The third-order valence-corrected chi connectivity index (χ3v) is 5.91. The molecule has 150 valence electrons. The molecule has 0 aliphatic carbocycles. The lowest BCUT2D eigenvalue weighted by Gasteiger charge is -2.41. The monoisotopic (exact) mass is 386 g/mol. The molecule has 0 saturated carbocycles. The van der Waals surface area contributed by atoms with Crippen LogP contribution in [0.25, 0.3) is 0 Å². The summed E-state index contributed by atoms with van der Waals surface area (Å²) in [5, 5.41) is 0. The van der Waals surface area contributed by atoms with E-state index in [0.717, 1.165) is 38.3 Å². The molecule has 29 heavy (non-hydrogen) atoms. The van der Waals surface area contributed by atoms with Crippen molar-refractivity contribution >= 4 is 5.69 Å². The molecule has 0 spiro atoms. The summed E-state index contributed by atoms with van der Waals surface area (Å²) in [5.74, 6) is 0.959. The normalized spacial score (nSPS) is 15.9. The summed E-state index contributed by atoms with van der Waals surface area (Å²) >= 11 is 0. The Morgan fingerprint density at radius 2 is 1.45 bits per heavy atom. The summed E-state index contributed by atoms with van der Waals surface area (Å²) < 4.78 is 5.58. The molecule has 1 atom stereocenters. The van der Waals surface area contributed by atoms with Crippen molar-refractivity contribution in [1.82, 2.24) is 4.90 Å². The van der Waals surface area contributed by atoms with Crippen molar-refractivity contribution in [3.8, 4) is 5.75 Å². The highest BCUT2D eigenvalue weighted by atomic mass is 16.5. The molecule has 1 fully saturated rings. The topological polar surface area (TPSA) is 15.7 Å². The number of nitrogens with zero attached hydrogens (tertiary/aromatic N) is 2. The summed E-state index contributed by atoms with van der Waals surface area (Å²) in [4.78, 5) is 5.09. The Morgan fingerprint density at radius 1 is 0.793 bits per heavy atom. The second-order valence-corrected chi connectivity index (χ2v) is 7.81. The molecule has 0 bridgehead atoms. The van der Waals surface area contributed by atoms with Gasteiger partial charge in [-0.1, -0.05) is 72.3 Å². The smallest absolute Gasteiger partial charge is 0.142 e. The van der Waals surface area contributed by atoms with Gasteiger partial charge in [0.05, 0.1) is 12.8 Å². The lowest BCUT2D eigenvalue weighted by atomic mass is 9.96. The lowest BCUT2D eigenvalue weighted by Crippen LogP contribution is -2.48. The summed E-state index contributed by atoms with van der Waals surface area (Å²) in [5.41, 5.74) is 5.32. The molecule has 1 aliphatic heterocycles. The van der Waals surface area contributed by atoms with Crippen LogP contribution in [0.3, 0.4) is 0 Å². The van der Waals surface area contributed by atoms with E-state index < -0.39 is 0 Å². The average Bonchev–Trinajstić information content (AvgIpc) is 2.79. The maximum Gasteiger partial charge on any atom is 0.142 e. The van der Waals surface area contributed by atoms with Crippen LogP contribution < -0.4 is 9.64 Å². The van der Waals surface area contributed by atoms with Crippen LogP contribution in [0.15, 0.2) is 78.9 Å². The molecule has 3 heteroatoms. The molecule has 3 aromatic carbocycles. The van der Waals surface area contributed by atoms with Crippen LogP contribution in [-0.4, -0.2) is 38.2 Å². The fraction of sp³-hybridized carbons (Fsp3) is 0.308. The Labute approximate surface area is 174 Å². The maximum atomic E-state index is 5.58. The summed E-state index contributed by atoms with van der Waals surface area (Å²) in [6.07, 6.45) is 1.04. The van der Waals surface area contributed by atoms with Crippen molar-refractivity contribution in [2.75, 3.05) is 38.2 Å². The van der Waals surface area contributed by atoms with Gasteiger partial charge in [-0.3, -0.25) is 4.90 Å². The third kappa shape index (κ3) is 4.63. The van der Waals surface area contributed by atoms with Gasteiger partial charge in [0.15, 0.2) is 0 Å². The third-order valence-electron chi connectivity index (χ3n) is 5.91. The quantitative estimate of drug-likeness (QED) is 0.585. The summed E-state index contributed by atoms with van der Waals surface area (Å²) in [6.45, 7) is 6.26. The number of hydrogen-bond donors (Lipinski definition) is 0. The first-order valence-corrected chi connectivity index (χ1v) is 10.5. The molecule has 3 aromatic rings. The van der Waals surface area contributed by atoms with Gasteiger partial charge in [-0.25, -0.2) is 0 Å². The molecule has 4 rings (SSSR count). The number of ether oxygens (including phenoxy) is 1. The van der Waals surface area contributed by atoms with E-state index in [1.54, 1.807) is 7.11 Å². The van der Waals surface area contributed by atoms with E-state index in [4.69, 9.17) is 4.74 Å². The zero-order chi connectivity index (χ0) is 20.1. The van der Waals surface area contributed by atoms with Gasteiger partial charge >= 0.3 is 0 Å². The minimum atomic E-state index is 0.402. The summed E-state index contributed by atoms with van der Waals surface area (Å²) in [7, 11) is 1.75. The molecule has 1 heterocycles. The van der Waals surface area contributed by atoms with E-state index in [-0.39, 0.29) is 0 Å². The first-order valence-electron chi connectivity index (χ1n) is 10.5. The van der Waals surface area contributed by atoms with Crippen molar-refractivity contribution in [2.24, 2.45) is 0 Å². The maximum absolute atomic E-state index is 5.58. The van der Waals surface area contributed by atoms with Crippen LogP contribution in [0.4, 0.5) is 5.69 Å². The highest BCUT2D eigenvalue weighted by molar-refractivity contribution is 5.58. The average molecular weight is 387 g/mol. The van der Waals surface area contributed by atoms with E-state index in [1.165, 1.54) is 22.4 Å². The Morgan fingerprint density at radius 3 is 2.14 bits per heavy atom. The minimum absolute atomic E-state index is 0.402. The molecular formula is C26H30N2O. The Kier molecular flexibility index (Phi) is 6.16. The standard InChI is InChI=1S/C26H30N2O/c1-21-12-14-22(15-13-21)20-25(23-8-4-3-5-9-23)28-18-16-27(17-19-28)24-10-6-7-11-26(24)29-2/h3-15,25H,16-20H2,1-2H3. The lowest BCUT2D eigenvalue weighted by molar-refractivity contribution is 0.184. The van der Waals surface area contributed by atoms with Gasteiger partial charge in [0.1, 0.15) is 5.75 Å². The SMILES string of the molecule is COc1ccccc1N1CCN(C(Cc2ccc(C)cc2)c2ccccc2)CC1. The van der Waals surface area contributed by atoms with Crippen molar-refractivity contribution in [3.05, 3.63) is 95.6 Å². The number of benzene rings is 3. The van der Waals surface area contributed by atoms with Crippen LogP contribution in [-0.2, 0) is 6.42 Å². The van der Waals surface area contributed by atoms with E-state index in [1.807, 2.05) is 12.1 Å². The van der Waals surface area contributed by atoms with Crippen molar-refractivity contribution in [3.63, 3.8) is 0 Å². The molecule has 0 amide bonds. The zero-order valence-corrected chi connectivity index (χ0v) is 17.4. The number of para-hydroxylation sites is 2. The largest absolute Gasteiger partial charge is 0.495 e. The summed E-state index contributed by atoms with van der Waals surface area (Å²) in [6, 6.07) is 28.7. The first-order chi connectivity index (χ1) is 14.2. The predicted octanol–water partition coefficient (Wildman–Crippen LogP) is 5.11. The van der Waals surface area contributed by atoms with Gasteiger partial charge in [-0.05, 0) is 36.6 Å². The Balaban J connectivity index is 1.51. The van der Waals surface area contributed by atoms with Crippen LogP contribution in [0.1, 0.15) is 22.7 Å². The first kappa shape index (κ1) is 19.5. The predicted molar refractivity (Wildman–Crippen MR) is 121 cm³/mol. The molecule has 0 aromatic heterocycles. The Bertz CT molecular complexity index is 900. The highest BCUT2D eigenvalue weighted by Crippen LogP contribution is 2.31. The van der Waals surface area contributed by atoms with Gasteiger partial charge in [0.2, 0.25) is 0 Å². The van der Waals surface area contributed by atoms with Gasteiger partial charge in [-0.15, -0.1) is 0 Å². The molecule has 1 unspecified atom stereocenters. The molecule has 3 nitrogen and oxygen atoms in total. The van der Waals surface area contributed by atoms with Gasteiger partial charge in [0, 0.05) is 32.2 Å². The molecule has 0 N–H and O–H groups in total. The zero-order valence-electron chi connectivity index (χ0n) is 17.4. The van der Waals surface area contributed by atoms with Crippen LogP contribution in [0, 0.1) is 6.92 Å². The second kappa shape index (κ2) is 9.15. The Hall–Kier alpha value is -2.78. The number of anilines is 1. The molecule has 0 radical (unpaired) electrons. The van der Waals surface area contributed by atoms with E-state index in [0.29, 0.717) is 6.04 Å². The van der Waals surface area contributed by atoms with E-state index in [9.17, 15) is 0 Å². The minimum Gasteiger partial charge on any atom is -0.495 e.